The number of nitrogens with zero attached hydrogens (tertiary/aromatic N) is 1. The summed E-state index contributed by atoms with van der Waals surface area (Å²) in [6.45, 7) is 7.95. The summed E-state index contributed by atoms with van der Waals surface area (Å²) in [5.74, 6) is -1.22. The lowest BCUT2D eigenvalue weighted by molar-refractivity contribution is -0.136. The highest BCUT2D eigenvalue weighted by Gasteiger charge is 2.14. The van der Waals surface area contributed by atoms with Gasteiger partial charge in [-0.15, -0.1) is 0 Å². The van der Waals surface area contributed by atoms with Crippen molar-refractivity contribution in [3.05, 3.63) is 82.9 Å². The lowest BCUT2D eigenvalue weighted by Crippen LogP contribution is -2.32. The molecular formula is C29H32N4O5. The Hall–Kier alpha value is -4.66. The van der Waals surface area contributed by atoms with Crippen LogP contribution < -0.4 is 25.5 Å². The van der Waals surface area contributed by atoms with Gasteiger partial charge in [-0.2, -0.15) is 5.10 Å². The Labute approximate surface area is 222 Å². The van der Waals surface area contributed by atoms with Gasteiger partial charge in [0.15, 0.2) is 18.1 Å². The van der Waals surface area contributed by atoms with E-state index in [0.717, 1.165) is 23.1 Å². The zero-order chi connectivity index (χ0) is 27.5. The SMILES string of the molecule is CCOc1cc(/C=N\NC(=O)C(=O)Nc2ccccc2CC)ccc1OCC(=O)Nc1ccc(C)c(C)c1. The number of aryl methyl sites for hydroxylation is 3. The summed E-state index contributed by atoms with van der Waals surface area (Å²) in [6, 6.07) is 17.9. The van der Waals surface area contributed by atoms with Crippen LogP contribution >= 0.6 is 0 Å². The van der Waals surface area contributed by atoms with Crippen molar-refractivity contribution in [2.75, 3.05) is 23.8 Å². The molecule has 9 nitrogen and oxygen atoms in total. The Morgan fingerprint density at radius 2 is 1.63 bits per heavy atom. The fourth-order valence-electron chi connectivity index (χ4n) is 3.50. The largest absolute Gasteiger partial charge is 0.490 e. The van der Waals surface area contributed by atoms with E-state index in [4.69, 9.17) is 9.47 Å². The molecule has 0 radical (unpaired) electrons. The number of para-hydroxylation sites is 1. The minimum Gasteiger partial charge on any atom is -0.490 e. The van der Waals surface area contributed by atoms with Crippen LogP contribution in [-0.2, 0) is 20.8 Å². The van der Waals surface area contributed by atoms with E-state index in [1.54, 1.807) is 30.3 Å². The molecule has 0 fully saturated rings. The molecule has 0 unspecified atom stereocenters. The second-order valence-corrected chi connectivity index (χ2v) is 8.44. The molecule has 0 aliphatic rings. The topological polar surface area (TPSA) is 118 Å². The first kappa shape index (κ1) is 27.9. The summed E-state index contributed by atoms with van der Waals surface area (Å²) in [6.07, 6.45) is 2.10. The minimum absolute atomic E-state index is 0.202. The van der Waals surface area contributed by atoms with E-state index >= 15 is 0 Å². The molecule has 0 saturated carbocycles. The van der Waals surface area contributed by atoms with Gasteiger partial charge >= 0.3 is 11.8 Å². The fraction of sp³-hybridized carbons (Fsp3) is 0.241. The average Bonchev–Trinajstić information content (AvgIpc) is 2.90. The molecule has 3 rings (SSSR count). The quantitative estimate of drug-likeness (QED) is 0.210. The number of carbonyl (C=O) groups is 3. The lowest BCUT2D eigenvalue weighted by Gasteiger charge is -2.13. The summed E-state index contributed by atoms with van der Waals surface area (Å²) in [5, 5.41) is 9.27. The molecular weight excluding hydrogens is 484 g/mol. The molecule has 198 valence electrons. The highest BCUT2D eigenvalue weighted by Crippen LogP contribution is 2.28. The Morgan fingerprint density at radius 3 is 2.37 bits per heavy atom. The normalized spacial score (nSPS) is 10.6. The number of hydrogen-bond acceptors (Lipinski definition) is 6. The number of anilines is 2. The zero-order valence-corrected chi connectivity index (χ0v) is 22.0. The number of amides is 3. The first-order valence-electron chi connectivity index (χ1n) is 12.3. The van der Waals surface area contributed by atoms with Crippen molar-refractivity contribution in [3.63, 3.8) is 0 Å². The van der Waals surface area contributed by atoms with Gasteiger partial charge in [-0.3, -0.25) is 14.4 Å². The van der Waals surface area contributed by atoms with E-state index in [1.165, 1.54) is 6.21 Å². The minimum atomic E-state index is -0.896. The maximum atomic E-state index is 12.4. The molecule has 0 saturated heterocycles. The van der Waals surface area contributed by atoms with Gasteiger partial charge in [-0.1, -0.05) is 31.2 Å². The number of hydrazone groups is 1. The molecule has 0 aromatic heterocycles. The van der Waals surface area contributed by atoms with Crippen molar-refractivity contribution in [2.45, 2.75) is 34.1 Å². The molecule has 38 heavy (non-hydrogen) atoms. The third kappa shape index (κ3) is 7.92. The second-order valence-electron chi connectivity index (χ2n) is 8.44. The molecule has 0 bridgehead atoms. The van der Waals surface area contributed by atoms with Crippen LogP contribution in [0, 0.1) is 13.8 Å². The highest BCUT2D eigenvalue weighted by molar-refractivity contribution is 6.39. The molecule has 3 aromatic carbocycles. The van der Waals surface area contributed by atoms with Crippen molar-refractivity contribution < 1.29 is 23.9 Å². The van der Waals surface area contributed by atoms with Gasteiger partial charge in [0.05, 0.1) is 12.8 Å². The zero-order valence-electron chi connectivity index (χ0n) is 22.0. The van der Waals surface area contributed by atoms with Crippen LogP contribution in [0.3, 0.4) is 0 Å². The van der Waals surface area contributed by atoms with Gasteiger partial charge in [-0.25, -0.2) is 5.43 Å². The molecule has 0 aliphatic heterocycles. The van der Waals surface area contributed by atoms with Crippen LogP contribution in [0.1, 0.15) is 36.1 Å². The first-order chi connectivity index (χ1) is 18.3. The molecule has 0 spiro atoms. The number of nitrogens with one attached hydrogen (secondary N) is 3. The van der Waals surface area contributed by atoms with Crippen molar-refractivity contribution in [1.82, 2.24) is 5.43 Å². The van der Waals surface area contributed by atoms with E-state index in [1.807, 2.05) is 58.0 Å². The van der Waals surface area contributed by atoms with Crippen LogP contribution in [0.5, 0.6) is 11.5 Å². The van der Waals surface area contributed by atoms with E-state index < -0.39 is 11.8 Å². The van der Waals surface area contributed by atoms with Crippen LogP contribution in [0.2, 0.25) is 0 Å². The van der Waals surface area contributed by atoms with Crippen LogP contribution in [-0.4, -0.2) is 37.1 Å². The number of benzene rings is 3. The van der Waals surface area contributed by atoms with Crippen LogP contribution in [0.15, 0.2) is 65.8 Å². The third-order valence-corrected chi connectivity index (χ3v) is 5.65. The molecule has 0 atom stereocenters. The highest BCUT2D eigenvalue weighted by atomic mass is 16.5. The summed E-state index contributed by atoms with van der Waals surface area (Å²) < 4.78 is 11.3. The smallest absolute Gasteiger partial charge is 0.329 e. The van der Waals surface area contributed by atoms with Crippen molar-refractivity contribution in [3.8, 4) is 11.5 Å². The lowest BCUT2D eigenvalue weighted by atomic mass is 10.1. The Morgan fingerprint density at radius 1 is 0.842 bits per heavy atom. The Balaban J connectivity index is 1.57. The Kier molecular flexibility index (Phi) is 9.99. The van der Waals surface area contributed by atoms with E-state index in [-0.39, 0.29) is 12.5 Å². The first-order valence-corrected chi connectivity index (χ1v) is 12.3. The standard InChI is InChI=1S/C29H32N4O5/c1-5-22-9-7-8-10-24(22)32-28(35)29(36)33-30-17-21-12-14-25(26(16-21)37-6-2)38-18-27(34)31-23-13-11-19(3)20(4)15-23/h7-17H,5-6,18H2,1-4H3,(H,31,34)(H,32,35)(H,33,36)/b30-17-. The summed E-state index contributed by atoms with van der Waals surface area (Å²) in [4.78, 5) is 36.7. The molecule has 0 heterocycles. The summed E-state index contributed by atoms with van der Waals surface area (Å²) in [5.41, 5.74) is 7.24. The van der Waals surface area contributed by atoms with Crippen molar-refractivity contribution >= 4 is 35.3 Å². The van der Waals surface area contributed by atoms with Gasteiger partial charge < -0.3 is 20.1 Å². The molecule has 3 N–H and O–H groups in total. The van der Waals surface area contributed by atoms with Gasteiger partial charge in [0.2, 0.25) is 0 Å². The number of ether oxygens (including phenoxy) is 2. The van der Waals surface area contributed by atoms with E-state index in [2.05, 4.69) is 21.2 Å². The van der Waals surface area contributed by atoms with Gasteiger partial charge in [0.1, 0.15) is 0 Å². The molecule has 0 aliphatic carbocycles. The predicted octanol–water partition coefficient (Wildman–Crippen LogP) is 4.37. The van der Waals surface area contributed by atoms with Gasteiger partial charge in [0, 0.05) is 11.4 Å². The predicted molar refractivity (Wildman–Crippen MR) is 148 cm³/mol. The molecule has 3 aromatic rings. The van der Waals surface area contributed by atoms with E-state index in [9.17, 15) is 14.4 Å². The second kappa shape index (κ2) is 13.6. The summed E-state index contributed by atoms with van der Waals surface area (Å²) >= 11 is 0. The van der Waals surface area contributed by atoms with Crippen molar-refractivity contribution in [2.24, 2.45) is 5.10 Å². The maximum Gasteiger partial charge on any atom is 0.329 e. The number of carbonyl (C=O) groups excluding carboxylic acids is 3. The molecule has 3 amide bonds. The average molecular weight is 517 g/mol. The number of hydrogen-bond donors (Lipinski definition) is 3. The van der Waals surface area contributed by atoms with Crippen LogP contribution in [0.25, 0.3) is 0 Å². The monoisotopic (exact) mass is 516 g/mol. The maximum absolute atomic E-state index is 12.4. The van der Waals surface area contributed by atoms with E-state index in [0.29, 0.717) is 35.0 Å². The van der Waals surface area contributed by atoms with Crippen molar-refractivity contribution in [1.29, 1.82) is 0 Å². The van der Waals surface area contributed by atoms with Crippen LogP contribution in [0.4, 0.5) is 11.4 Å². The molecule has 9 heteroatoms. The number of rotatable bonds is 10. The van der Waals surface area contributed by atoms with Gasteiger partial charge in [-0.05, 0) is 85.8 Å². The fourth-order valence-corrected chi connectivity index (χ4v) is 3.50. The third-order valence-electron chi connectivity index (χ3n) is 5.65. The van der Waals surface area contributed by atoms with Gasteiger partial charge in [0.25, 0.3) is 5.91 Å². The Bertz CT molecular complexity index is 1340. The summed E-state index contributed by atoms with van der Waals surface area (Å²) in [7, 11) is 0.